The van der Waals surface area contributed by atoms with Crippen LogP contribution in [0.25, 0.3) is 10.9 Å². The minimum Gasteiger partial charge on any atom is -0.456 e. The Bertz CT molecular complexity index is 1080. The van der Waals surface area contributed by atoms with Crippen molar-refractivity contribution >= 4 is 16.9 Å². The van der Waals surface area contributed by atoms with Crippen LogP contribution in [0.4, 0.5) is 0 Å². The van der Waals surface area contributed by atoms with Gasteiger partial charge in [-0.25, -0.2) is 0 Å². The van der Waals surface area contributed by atoms with Crippen molar-refractivity contribution in [1.82, 2.24) is 9.88 Å². The molecule has 158 valence electrons. The first-order chi connectivity index (χ1) is 15.2. The Morgan fingerprint density at radius 2 is 1.97 bits per heavy atom. The second-order valence-corrected chi connectivity index (χ2v) is 8.74. The molecule has 3 fully saturated rings. The quantitative estimate of drug-likeness (QED) is 0.424. The third-order valence-electron chi connectivity index (χ3n) is 6.94. The molecule has 4 nitrogen and oxygen atoms in total. The lowest BCUT2D eigenvalue weighted by molar-refractivity contribution is -0.156. The number of esters is 1. The van der Waals surface area contributed by atoms with E-state index in [9.17, 15) is 4.79 Å². The van der Waals surface area contributed by atoms with Gasteiger partial charge in [-0.05, 0) is 48.9 Å². The molecule has 3 aliphatic heterocycles. The Kier molecular flexibility index (Phi) is 5.56. The van der Waals surface area contributed by atoms with Gasteiger partial charge in [-0.3, -0.25) is 14.7 Å². The van der Waals surface area contributed by atoms with Crippen LogP contribution in [0.15, 0.2) is 79.5 Å². The third-order valence-corrected chi connectivity index (χ3v) is 6.94. The lowest BCUT2D eigenvalue weighted by atomic mass is 9.73. The van der Waals surface area contributed by atoms with Crippen LogP contribution in [0.3, 0.4) is 0 Å². The second kappa shape index (κ2) is 8.64. The van der Waals surface area contributed by atoms with Crippen molar-refractivity contribution in [2.75, 3.05) is 13.1 Å². The van der Waals surface area contributed by atoms with E-state index in [0.717, 1.165) is 41.5 Å². The van der Waals surface area contributed by atoms with Crippen molar-refractivity contribution in [1.29, 1.82) is 0 Å². The number of carbonyl (C=O) groups excluding carboxylic acids is 1. The number of pyridine rings is 1. The number of para-hydroxylation sites is 1. The van der Waals surface area contributed by atoms with Crippen LogP contribution in [-0.4, -0.2) is 35.0 Å². The van der Waals surface area contributed by atoms with Crippen molar-refractivity contribution in [2.24, 2.45) is 11.8 Å². The highest BCUT2D eigenvalue weighted by Crippen LogP contribution is 2.43. The first-order valence-electron chi connectivity index (χ1n) is 11.2. The molecule has 3 saturated heterocycles. The Balaban J connectivity index is 1.48. The molecule has 3 aliphatic rings. The van der Waals surface area contributed by atoms with Crippen LogP contribution < -0.4 is 0 Å². The van der Waals surface area contributed by atoms with Gasteiger partial charge in [0.25, 0.3) is 0 Å². The van der Waals surface area contributed by atoms with Crippen molar-refractivity contribution in [3.05, 3.63) is 90.6 Å². The summed E-state index contributed by atoms with van der Waals surface area (Å²) < 4.78 is 6.28. The molecule has 1 aromatic heterocycles. The zero-order valence-corrected chi connectivity index (χ0v) is 17.7. The molecule has 2 aromatic carbocycles. The molecule has 4 heteroatoms. The van der Waals surface area contributed by atoms with Crippen LogP contribution in [0.5, 0.6) is 0 Å². The van der Waals surface area contributed by atoms with E-state index in [2.05, 4.69) is 28.6 Å². The molecule has 4 heterocycles. The first kappa shape index (κ1) is 20.0. The highest BCUT2D eigenvalue weighted by atomic mass is 16.5. The van der Waals surface area contributed by atoms with Crippen LogP contribution in [0, 0.1) is 11.8 Å². The molecule has 0 N–H and O–H groups in total. The summed E-state index contributed by atoms with van der Waals surface area (Å²) in [4.78, 5) is 20.1. The maximum atomic E-state index is 13.0. The average Bonchev–Trinajstić information content (AvgIpc) is 2.83. The summed E-state index contributed by atoms with van der Waals surface area (Å²) in [6.45, 7) is 6.09. The number of carbonyl (C=O) groups is 1. The van der Waals surface area contributed by atoms with Gasteiger partial charge in [-0.15, -0.1) is 6.58 Å². The van der Waals surface area contributed by atoms with Gasteiger partial charge in [-0.2, -0.15) is 0 Å². The Labute approximate surface area is 183 Å². The maximum Gasteiger partial charge on any atom is 0.310 e. The van der Waals surface area contributed by atoms with Gasteiger partial charge in [0, 0.05) is 23.7 Å². The largest absolute Gasteiger partial charge is 0.456 e. The van der Waals surface area contributed by atoms with E-state index >= 15 is 0 Å². The summed E-state index contributed by atoms with van der Waals surface area (Å²) in [6.07, 6.45) is 6.12. The molecule has 0 spiro atoms. The van der Waals surface area contributed by atoms with Gasteiger partial charge in [-0.1, -0.05) is 54.6 Å². The Morgan fingerprint density at radius 3 is 2.74 bits per heavy atom. The Hall–Kier alpha value is -2.98. The molecular formula is C27H28N2O2. The van der Waals surface area contributed by atoms with E-state index in [1.165, 1.54) is 6.42 Å². The number of benzene rings is 2. The molecule has 3 aromatic rings. The van der Waals surface area contributed by atoms with Gasteiger partial charge in [0.05, 0.1) is 18.0 Å². The standard InChI is InChI=1S/C27H28N2O2/c1-2-20-18-29-15-13-21(20)17-25(29)27(31-26(30)16-19-8-4-3-5-9-19)23-12-14-28-24-11-7-6-10-22(23)24/h2-12,14,20-21,25,27H,1,13,15-18H2/t20-,21+,25+,27-/m0/s1. The monoisotopic (exact) mass is 412 g/mol. The number of ether oxygens (including phenoxy) is 1. The fraction of sp³-hybridized carbons (Fsp3) is 0.333. The van der Waals surface area contributed by atoms with Gasteiger partial charge in [0.1, 0.15) is 6.10 Å². The Morgan fingerprint density at radius 1 is 1.16 bits per heavy atom. The predicted molar refractivity (Wildman–Crippen MR) is 122 cm³/mol. The number of hydrogen-bond donors (Lipinski definition) is 0. The number of piperidine rings is 3. The number of fused-ring (bicyclic) bond motifs is 4. The fourth-order valence-corrected chi connectivity index (χ4v) is 5.35. The van der Waals surface area contributed by atoms with Gasteiger partial charge < -0.3 is 4.74 Å². The minimum absolute atomic E-state index is 0.181. The van der Waals surface area contributed by atoms with Crippen molar-refractivity contribution in [3.8, 4) is 0 Å². The molecule has 0 amide bonds. The van der Waals surface area contributed by atoms with E-state index in [4.69, 9.17) is 4.74 Å². The molecule has 2 bridgehead atoms. The van der Waals surface area contributed by atoms with Crippen molar-refractivity contribution in [2.45, 2.75) is 31.4 Å². The lowest BCUT2D eigenvalue weighted by Gasteiger charge is -2.51. The molecular weight excluding hydrogens is 384 g/mol. The van der Waals surface area contributed by atoms with Crippen LogP contribution in [0.2, 0.25) is 0 Å². The third kappa shape index (κ3) is 4.00. The number of aromatic nitrogens is 1. The molecule has 6 rings (SSSR count). The van der Waals surface area contributed by atoms with Crippen LogP contribution >= 0.6 is 0 Å². The molecule has 0 aliphatic carbocycles. The summed E-state index contributed by atoms with van der Waals surface area (Å²) >= 11 is 0. The van der Waals surface area contributed by atoms with E-state index < -0.39 is 0 Å². The summed E-state index contributed by atoms with van der Waals surface area (Å²) in [5.41, 5.74) is 2.96. The van der Waals surface area contributed by atoms with Crippen molar-refractivity contribution < 1.29 is 9.53 Å². The fourth-order valence-electron chi connectivity index (χ4n) is 5.35. The highest BCUT2D eigenvalue weighted by molar-refractivity contribution is 5.83. The molecule has 31 heavy (non-hydrogen) atoms. The number of nitrogens with zero attached hydrogens (tertiary/aromatic N) is 2. The number of rotatable bonds is 6. The minimum atomic E-state index is -0.308. The zero-order valence-electron chi connectivity index (χ0n) is 17.7. The van der Waals surface area contributed by atoms with Gasteiger partial charge >= 0.3 is 5.97 Å². The van der Waals surface area contributed by atoms with Crippen LogP contribution in [0.1, 0.15) is 30.1 Å². The molecule has 5 atom stereocenters. The normalized spacial score (nSPS) is 25.8. The van der Waals surface area contributed by atoms with E-state index in [-0.39, 0.29) is 24.5 Å². The predicted octanol–water partition coefficient (Wildman–Crippen LogP) is 4.96. The average molecular weight is 413 g/mol. The highest BCUT2D eigenvalue weighted by Gasteiger charge is 2.44. The van der Waals surface area contributed by atoms with Gasteiger partial charge in [0.15, 0.2) is 0 Å². The smallest absolute Gasteiger partial charge is 0.310 e. The lowest BCUT2D eigenvalue weighted by Crippen LogP contribution is -2.55. The summed E-state index contributed by atoms with van der Waals surface area (Å²) in [5.74, 6) is 0.954. The second-order valence-electron chi connectivity index (χ2n) is 8.74. The van der Waals surface area contributed by atoms with Crippen LogP contribution in [-0.2, 0) is 16.0 Å². The topological polar surface area (TPSA) is 42.4 Å². The molecule has 1 unspecified atom stereocenters. The summed E-state index contributed by atoms with van der Waals surface area (Å²) in [5, 5.41) is 1.06. The van der Waals surface area contributed by atoms with E-state index in [1.54, 1.807) is 0 Å². The number of hydrogen-bond acceptors (Lipinski definition) is 4. The molecule has 0 radical (unpaired) electrons. The summed E-state index contributed by atoms with van der Waals surface area (Å²) in [6, 6.07) is 20.1. The molecule has 0 saturated carbocycles. The first-order valence-corrected chi connectivity index (χ1v) is 11.2. The zero-order chi connectivity index (χ0) is 21.2. The van der Waals surface area contributed by atoms with E-state index in [0.29, 0.717) is 11.8 Å². The SMILES string of the molecule is C=C[C@H]1CN2CC[C@@H]1C[C@@H]2[C@@H](OC(=O)Cc1ccccc1)c1ccnc2ccccc12. The van der Waals surface area contributed by atoms with Crippen molar-refractivity contribution in [3.63, 3.8) is 0 Å². The maximum absolute atomic E-state index is 13.0. The van der Waals surface area contributed by atoms with Gasteiger partial charge in [0.2, 0.25) is 0 Å². The van der Waals surface area contributed by atoms with E-state index in [1.807, 2.05) is 60.8 Å². The summed E-state index contributed by atoms with van der Waals surface area (Å²) in [7, 11) is 0.